The van der Waals surface area contributed by atoms with Crippen molar-refractivity contribution in [2.75, 3.05) is 6.54 Å². The molecule has 4 heteroatoms. The average Bonchev–Trinajstić information content (AvgIpc) is 3.21. The number of nitrogens with zero attached hydrogens (tertiary/aromatic N) is 2. The second-order valence-corrected chi connectivity index (χ2v) is 5.07. The highest BCUT2D eigenvalue weighted by Crippen LogP contribution is 2.33. The third kappa shape index (κ3) is 2.96. The van der Waals surface area contributed by atoms with Gasteiger partial charge in [0.2, 0.25) is 0 Å². The van der Waals surface area contributed by atoms with Crippen LogP contribution in [0, 0.1) is 0 Å². The van der Waals surface area contributed by atoms with E-state index >= 15 is 0 Å². The van der Waals surface area contributed by atoms with Crippen molar-refractivity contribution in [2.24, 2.45) is 0 Å². The minimum Gasteiger partial charge on any atom is -0.311 e. The van der Waals surface area contributed by atoms with Crippen LogP contribution >= 0.6 is 0 Å². The zero-order valence-corrected chi connectivity index (χ0v) is 11.0. The molecule has 1 aromatic carbocycles. The molecule has 1 fully saturated rings. The van der Waals surface area contributed by atoms with Crippen LogP contribution in [-0.2, 0) is 13.1 Å². The van der Waals surface area contributed by atoms with Gasteiger partial charge in [0.25, 0.3) is 0 Å². The Bertz CT molecular complexity index is 581. The van der Waals surface area contributed by atoms with Crippen LogP contribution in [0.25, 0.3) is 0 Å². The largest absolute Gasteiger partial charge is 0.328 e. The van der Waals surface area contributed by atoms with Crippen molar-refractivity contribution in [3.8, 4) is 0 Å². The lowest BCUT2D eigenvalue weighted by atomic mass is 10.2. The van der Waals surface area contributed by atoms with Crippen molar-refractivity contribution >= 4 is 0 Å². The van der Waals surface area contributed by atoms with E-state index in [1.807, 2.05) is 35.2 Å². The second kappa shape index (κ2) is 5.45. The average molecular weight is 257 g/mol. The van der Waals surface area contributed by atoms with Crippen LogP contribution in [0.1, 0.15) is 24.4 Å². The molecular formula is C15H19N3O. The lowest BCUT2D eigenvalue weighted by Crippen LogP contribution is -2.28. The van der Waals surface area contributed by atoms with Gasteiger partial charge >= 0.3 is 5.69 Å². The van der Waals surface area contributed by atoms with Crippen molar-refractivity contribution in [3.63, 3.8) is 0 Å². The summed E-state index contributed by atoms with van der Waals surface area (Å²) in [5.74, 6) is 0. The third-order valence-electron chi connectivity index (χ3n) is 3.52. The van der Waals surface area contributed by atoms with E-state index < -0.39 is 0 Å². The molecule has 1 N–H and O–H groups in total. The normalized spacial score (nSPS) is 14.7. The Balaban J connectivity index is 1.49. The predicted molar refractivity (Wildman–Crippen MR) is 75.1 cm³/mol. The molecule has 100 valence electrons. The Labute approximate surface area is 112 Å². The summed E-state index contributed by atoms with van der Waals surface area (Å²) in [4.78, 5) is 12.0. The third-order valence-corrected chi connectivity index (χ3v) is 3.52. The molecule has 1 aliphatic carbocycles. The smallest absolute Gasteiger partial charge is 0.311 e. The number of benzene rings is 1. The fourth-order valence-corrected chi connectivity index (χ4v) is 2.26. The maximum absolute atomic E-state index is 12.0. The molecule has 1 aliphatic rings. The number of hydrogen-bond acceptors (Lipinski definition) is 2. The number of hydrogen-bond donors (Lipinski definition) is 1. The van der Waals surface area contributed by atoms with E-state index in [9.17, 15) is 4.79 Å². The summed E-state index contributed by atoms with van der Waals surface area (Å²) >= 11 is 0. The molecule has 2 aromatic rings. The van der Waals surface area contributed by atoms with Gasteiger partial charge in [0.05, 0.1) is 0 Å². The van der Waals surface area contributed by atoms with Gasteiger partial charge in [0.15, 0.2) is 0 Å². The van der Waals surface area contributed by atoms with Crippen molar-refractivity contribution in [2.45, 2.75) is 32.0 Å². The first kappa shape index (κ1) is 12.2. The molecule has 4 nitrogen and oxygen atoms in total. The predicted octanol–water partition coefficient (Wildman–Crippen LogP) is 1.77. The lowest BCUT2D eigenvalue weighted by Gasteiger charge is -2.05. The summed E-state index contributed by atoms with van der Waals surface area (Å²) in [6, 6.07) is 10.8. The molecular weight excluding hydrogens is 238 g/mol. The number of aromatic nitrogens is 2. The lowest BCUT2D eigenvalue weighted by molar-refractivity contribution is 0.568. The topological polar surface area (TPSA) is 39.0 Å². The van der Waals surface area contributed by atoms with Crippen molar-refractivity contribution < 1.29 is 0 Å². The van der Waals surface area contributed by atoms with Gasteiger partial charge in [-0.3, -0.25) is 9.13 Å². The van der Waals surface area contributed by atoms with Crippen LogP contribution in [0.15, 0.2) is 47.5 Å². The van der Waals surface area contributed by atoms with Crippen molar-refractivity contribution in [1.29, 1.82) is 0 Å². The molecule has 19 heavy (non-hydrogen) atoms. The van der Waals surface area contributed by atoms with Crippen molar-refractivity contribution in [3.05, 3.63) is 58.8 Å². The van der Waals surface area contributed by atoms with Gasteiger partial charge in [-0.05, 0) is 18.4 Å². The molecule has 0 bridgehead atoms. The van der Waals surface area contributed by atoms with Crippen LogP contribution in [0.2, 0.25) is 0 Å². The van der Waals surface area contributed by atoms with Gasteiger partial charge in [-0.1, -0.05) is 30.3 Å². The Morgan fingerprint density at radius 1 is 1.16 bits per heavy atom. The van der Waals surface area contributed by atoms with Gasteiger partial charge in [-0.25, -0.2) is 4.79 Å². The molecule has 0 spiro atoms. The van der Waals surface area contributed by atoms with E-state index in [1.54, 1.807) is 4.57 Å². The highest BCUT2D eigenvalue weighted by Gasteiger charge is 2.25. The van der Waals surface area contributed by atoms with Crippen LogP contribution < -0.4 is 11.0 Å². The van der Waals surface area contributed by atoms with Gasteiger partial charge in [-0.2, -0.15) is 0 Å². The Hall–Kier alpha value is -1.81. The Morgan fingerprint density at radius 2 is 1.95 bits per heavy atom. The van der Waals surface area contributed by atoms with Crippen LogP contribution in [-0.4, -0.2) is 15.7 Å². The molecule has 0 atom stereocenters. The van der Waals surface area contributed by atoms with E-state index in [2.05, 4.69) is 17.4 Å². The summed E-state index contributed by atoms with van der Waals surface area (Å²) in [5.41, 5.74) is 1.40. The monoisotopic (exact) mass is 257 g/mol. The molecule has 0 saturated heterocycles. The zero-order valence-electron chi connectivity index (χ0n) is 11.0. The molecule has 0 aliphatic heterocycles. The van der Waals surface area contributed by atoms with Crippen molar-refractivity contribution in [1.82, 2.24) is 14.5 Å². The second-order valence-electron chi connectivity index (χ2n) is 5.07. The van der Waals surface area contributed by atoms with E-state index in [-0.39, 0.29) is 5.69 Å². The summed E-state index contributed by atoms with van der Waals surface area (Å²) in [5, 5.41) is 3.36. The molecule has 1 aromatic heterocycles. The maximum Gasteiger partial charge on any atom is 0.328 e. The number of imidazole rings is 1. The van der Waals surface area contributed by atoms with Gasteiger partial charge in [-0.15, -0.1) is 0 Å². The molecule has 1 heterocycles. The van der Waals surface area contributed by atoms with E-state index in [1.165, 1.54) is 5.56 Å². The summed E-state index contributed by atoms with van der Waals surface area (Å²) in [7, 11) is 0. The Kier molecular flexibility index (Phi) is 3.51. The van der Waals surface area contributed by atoms with Gasteiger partial charge in [0.1, 0.15) is 0 Å². The standard InChI is InChI=1S/C15H19N3O/c19-15-17(10-11-18(15)14-6-7-14)9-8-16-12-13-4-2-1-3-5-13/h1-5,10-11,14,16H,6-9,12H2. The summed E-state index contributed by atoms with van der Waals surface area (Å²) < 4.78 is 3.65. The Morgan fingerprint density at radius 3 is 2.68 bits per heavy atom. The van der Waals surface area contributed by atoms with Crippen LogP contribution in [0.3, 0.4) is 0 Å². The van der Waals surface area contributed by atoms with E-state index in [0.717, 1.165) is 32.5 Å². The SMILES string of the molecule is O=c1n(CCNCc2ccccc2)ccn1C1CC1. The molecule has 3 rings (SSSR count). The van der Waals surface area contributed by atoms with Gasteiger partial charge < -0.3 is 5.32 Å². The van der Waals surface area contributed by atoms with Crippen LogP contribution in [0.4, 0.5) is 0 Å². The molecule has 0 radical (unpaired) electrons. The molecule has 0 amide bonds. The minimum atomic E-state index is 0.129. The van der Waals surface area contributed by atoms with E-state index in [4.69, 9.17) is 0 Å². The first-order chi connectivity index (χ1) is 9.34. The quantitative estimate of drug-likeness (QED) is 0.801. The molecule has 1 saturated carbocycles. The fourth-order valence-electron chi connectivity index (χ4n) is 2.26. The first-order valence-electron chi connectivity index (χ1n) is 6.86. The highest BCUT2D eigenvalue weighted by molar-refractivity contribution is 5.14. The number of nitrogens with one attached hydrogen (secondary N) is 1. The van der Waals surface area contributed by atoms with Gasteiger partial charge in [0, 0.05) is 38.1 Å². The fraction of sp³-hybridized carbons (Fsp3) is 0.400. The van der Waals surface area contributed by atoms with Crippen LogP contribution in [0.5, 0.6) is 0 Å². The zero-order chi connectivity index (χ0) is 13.1. The summed E-state index contributed by atoms with van der Waals surface area (Å²) in [6.45, 7) is 2.38. The maximum atomic E-state index is 12.0. The summed E-state index contributed by atoms with van der Waals surface area (Å²) in [6.07, 6.45) is 6.11. The minimum absolute atomic E-state index is 0.129. The van der Waals surface area contributed by atoms with E-state index in [0.29, 0.717) is 6.04 Å². The highest BCUT2D eigenvalue weighted by atomic mass is 16.1. The first-order valence-corrected chi connectivity index (χ1v) is 6.86. The molecule has 0 unspecified atom stereocenters. The number of rotatable bonds is 6.